The molecule has 0 saturated heterocycles. The highest BCUT2D eigenvalue weighted by Gasteiger charge is 2.23. The molecule has 6 rings (SSSR count). The molecule has 47 heavy (non-hydrogen) atoms. The minimum Gasteiger partial charge on any atom is -0.489 e. The van der Waals surface area contributed by atoms with Crippen molar-refractivity contribution in [2.45, 2.75) is 44.8 Å². The number of carboxylic acid groups (broad SMARTS) is 1. The van der Waals surface area contributed by atoms with Crippen LogP contribution in [0.1, 0.15) is 64.4 Å². The van der Waals surface area contributed by atoms with E-state index in [1.165, 1.54) is 6.42 Å². The molecule has 0 atom stereocenters. The van der Waals surface area contributed by atoms with Crippen LogP contribution in [0.4, 0.5) is 0 Å². The van der Waals surface area contributed by atoms with Gasteiger partial charge in [-0.25, -0.2) is 9.78 Å². The van der Waals surface area contributed by atoms with Crippen LogP contribution in [0, 0.1) is 0 Å². The van der Waals surface area contributed by atoms with Gasteiger partial charge in [0.15, 0.2) is 0 Å². The van der Waals surface area contributed by atoms with E-state index in [0.29, 0.717) is 27.9 Å². The molecule has 0 radical (unpaired) electrons. The Morgan fingerprint density at radius 1 is 0.915 bits per heavy atom. The van der Waals surface area contributed by atoms with E-state index in [-0.39, 0.29) is 24.4 Å². The van der Waals surface area contributed by atoms with E-state index in [0.717, 1.165) is 59.3 Å². The number of imidazole rings is 1. The van der Waals surface area contributed by atoms with Crippen LogP contribution in [0.15, 0.2) is 84.9 Å². The second-order valence-corrected chi connectivity index (χ2v) is 16.4. The Labute approximate surface area is 279 Å². The molecule has 242 valence electrons. The summed E-state index contributed by atoms with van der Waals surface area (Å²) in [6, 6.07) is 26.2. The molecule has 4 aromatic carbocycles. The molecule has 1 heterocycles. The second-order valence-electron chi connectivity index (χ2n) is 12.5. The third kappa shape index (κ3) is 7.61. The molecule has 0 spiro atoms. The van der Waals surface area contributed by atoms with Crippen molar-refractivity contribution in [3.63, 3.8) is 0 Å². The molecule has 1 aromatic heterocycles. The first-order chi connectivity index (χ1) is 22.6. The number of carboxylic acids is 1. The van der Waals surface area contributed by atoms with Crippen LogP contribution in [0.3, 0.4) is 0 Å². The number of amides is 1. The molecule has 2 N–H and O–H groups in total. The summed E-state index contributed by atoms with van der Waals surface area (Å²) in [5, 5.41) is 13.0. The number of benzene rings is 4. The van der Waals surface area contributed by atoms with Crippen LogP contribution in [0.25, 0.3) is 33.5 Å². The first-order valence-corrected chi connectivity index (χ1v) is 18.9. The summed E-state index contributed by atoms with van der Waals surface area (Å²) in [4.78, 5) is 29.5. The van der Waals surface area contributed by atoms with Crippen LogP contribution in [0.2, 0.25) is 5.02 Å². The Morgan fingerprint density at radius 3 is 2.28 bits per heavy atom. The van der Waals surface area contributed by atoms with Gasteiger partial charge in [-0.3, -0.25) is 4.79 Å². The van der Waals surface area contributed by atoms with Gasteiger partial charge in [0.2, 0.25) is 0 Å². The van der Waals surface area contributed by atoms with Crippen LogP contribution in [-0.2, 0) is 11.2 Å². The summed E-state index contributed by atoms with van der Waals surface area (Å²) in [6.45, 7) is 3.49. The van der Waals surface area contributed by atoms with Crippen LogP contribution in [-0.4, -0.2) is 46.1 Å². The molecule has 1 amide bonds. The maximum absolute atomic E-state index is 12.9. The highest BCUT2D eigenvalue weighted by Crippen LogP contribution is 2.37. The van der Waals surface area contributed by atoms with Gasteiger partial charge >= 0.3 is 5.97 Å². The van der Waals surface area contributed by atoms with Gasteiger partial charge in [0.25, 0.3) is 5.91 Å². The zero-order chi connectivity index (χ0) is 33.1. The van der Waals surface area contributed by atoms with Crippen molar-refractivity contribution in [3.8, 4) is 28.3 Å². The quantitative estimate of drug-likeness (QED) is 0.144. The first kappa shape index (κ1) is 32.5. The van der Waals surface area contributed by atoms with Gasteiger partial charge in [0.1, 0.15) is 25.3 Å². The van der Waals surface area contributed by atoms with Crippen LogP contribution < -0.4 is 10.1 Å². The number of halogens is 1. The SMILES string of the molecule is CP(C)(=O)CNC(=O)c1ccc(-c2ccc(Cl)cc2)c(COc2ccc(-c3nc4cc(C(=O)O)ccc4n3C3CCCCC3)cc2)c1. The highest BCUT2D eigenvalue weighted by molar-refractivity contribution is 7.62. The largest absolute Gasteiger partial charge is 0.489 e. The Hall–Kier alpha value is -4.39. The number of nitrogens with one attached hydrogen (secondary N) is 1. The van der Waals surface area contributed by atoms with Gasteiger partial charge in [-0.2, -0.15) is 0 Å². The summed E-state index contributed by atoms with van der Waals surface area (Å²) in [7, 11) is -2.42. The maximum Gasteiger partial charge on any atom is 0.335 e. The van der Waals surface area contributed by atoms with E-state index >= 15 is 0 Å². The average Bonchev–Trinajstić information content (AvgIpc) is 3.46. The van der Waals surface area contributed by atoms with Crippen LogP contribution in [0.5, 0.6) is 5.75 Å². The van der Waals surface area contributed by atoms with Gasteiger partial charge in [-0.1, -0.05) is 49.1 Å². The predicted molar refractivity (Wildman–Crippen MR) is 187 cm³/mol. The number of fused-ring (bicyclic) bond motifs is 1. The molecule has 8 nitrogen and oxygen atoms in total. The lowest BCUT2D eigenvalue weighted by Gasteiger charge is -2.25. The second kappa shape index (κ2) is 13.8. The summed E-state index contributed by atoms with van der Waals surface area (Å²) in [6.07, 6.45) is 5.78. The van der Waals surface area contributed by atoms with E-state index in [1.54, 1.807) is 31.5 Å². The average molecular weight is 670 g/mol. The van der Waals surface area contributed by atoms with Crippen molar-refractivity contribution in [1.82, 2.24) is 14.9 Å². The van der Waals surface area contributed by atoms with Crippen molar-refractivity contribution >= 4 is 41.7 Å². The van der Waals surface area contributed by atoms with E-state index in [9.17, 15) is 19.3 Å². The molecule has 1 aliphatic rings. The topological polar surface area (TPSA) is 111 Å². The highest BCUT2D eigenvalue weighted by atomic mass is 35.5. The number of aromatic carboxylic acids is 1. The van der Waals surface area contributed by atoms with E-state index in [1.807, 2.05) is 66.7 Å². The fraction of sp³-hybridized carbons (Fsp3) is 0.270. The summed E-state index contributed by atoms with van der Waals surface area (Å²) >= 11 is 6.14. The molecule has 0 bridgehead atoms. The fourth-order valence-electron chi connectivity index (χ4n) is 6.14. The van der Waals surface area contributed by atoms with Gasteiger partial charge in [-0.05, 0) is 110 Å². The molecular weight excluding hydrogens is 633 g/mol. The monoisotopic (exact) mass is 669 g/mol. The molecule has 1 saturated carbocycles. The molecule has 1 fully saturated rings. The molecule has 0 unspecified atom stereocenters. The number of hydrogen-bond donors (Lipinski definition) is 2. The zero-order valence-electron chi connectivity index (χ0n) is 26.4. The Bertz CT molecular complexity index is 1980. The number of rotatable bonds is 10. The smallest absolute Gasteiger partial charge is 0.335 e. The molecule has 10 heteroatoms. The number of hydrogen-bond acceptors (Lipinski definition) is 5. The van der Waals surface area contributed by atoms with Crippen LogP contribution >= 0.6 is 18.7 Å². The Kier molecular flexibility index (Phi) is 9.53. The molecule has 5 aromatic rings. The van der Waals surface area contributed by atoms with Gasteiger partial charge < -0.3 is 24.3 Å². The summed E-state index contributed by atoms with van der Waals surface area (Å²) in [5.41, 5.74) is 5.87. The van der Waals surface area contributed by atoms with Crippen molar-refractivity contribution < 1.29 is 24.0 Å². The zero-order valence-corrected chi connectivity index (χ0v) is 28.1. The molecular formula is C37H37ClN3O5P. The number of nitrogens with zero attached hydrogens (tertiary/aromatic N) is 2. The standard InChI is InChI=1S/C37H37ClN3O5P/c1-47(2,45)23-39-36(42)26-12-18-32(24-8-14-29(38)15-9-24)28(20-26)22-46-31-16-10-25(11-17-31)35-40-33-21-27(37(43)44)13-19-34(33)41(35)30-6-4-3-5-7-30/h8-21,30H,3-7,22-23H2,1-2H3,(H,39,42)(H,43,44). The van der Waals surface area contributed by atoms with E-state index in [2.05, 4.69) is 9.88 Å². The normalized spacial score (nSPS) is 13.9. The van der Waals surface area contributed by atoms with E-state index < -0.39 is 13.1 Å². The molecule has 0 aliphatic heterocycles. The number of ether oxygens (including phenoxy) is 1. The van der Waals surface area contributed by atoms with Crippen molar-refractivity contribution in [3.05, 3.63) is 107 Å². The van der Waals surface area contributed by atoms with Crippen molar-refractivity contribution in [2.24, 2.45) is 0 Å². The fourth-order valence-corrected chi connectivity index (χ4v) is 6.79. The predicted octanol–water partition coefficient (Wildman–Crippen LogP) is 9.12. The van der Waals surface area contributed by atoms with Crippen molar-refractivity contribution in [1.29, 1.82) is 0 Å². The Balaban J connectivity index is 1.28. The third-order valence-corrected chi connectivity index (χ3v) is 9.70. The lowest BCUT2D eigenvalue weighted by Crippen LogP contribution is -2.24. The minimum atomic E-state index is -2.42. The maximum atomic E-state index is 12.9. The molecule has 1 aliphatic carbocycles. The van der Waals surface area contributed by atoms with Gasteiger partial charge in [0, 0.05) is 22.2 Å². The minimum absolute atomic E-state index is 0.123. The van der Waals surface area contributed by atoms with E-state index in [4.69, 9.17) is 21.3 Å². The number of carbonyl (C=O) groups excluding carboxylic acids is 1. The lowest BCUT2D eigenvalue weighted by atomic mass is 9.95. The van der Waals surface area contributed by atoms with Crippen molar-refractivity contribution in [2.75, 3.05) is 19.6 Å². The lowest BCUT2D eigenvalue weighted by molar-refractivity contribution is 0.0696. The number of carbonyl (C=O) groups is 2. The summed E-state index contributed by atoms with van der Waals surface area (Å²) in [5.74, 6) is 0.198. The number of aromatic nitrogens is 2. The van der Waals surface area contributed by atoms with Gasteiger partial charge in [0.05, 0.1) is 22.9 Å². The first-order valence-electron chi connectivity index (χ1n) is 15.8. The Morgan fingerprint density at radius 2 is 1.60 bits per heavy atom. The van der Waals surface area contributed by atoms with Gasteiger partial charge in [-0.15, -0.1) is 0 Å². The summed E-state index contributed by atoms with van der Waals surface area (Å²) < 4.78 is 20.7. The third-order valence-electron chi connectivity index (χ3n) is 8.53.